The summed E-state index contributed by atoms with van der Waals surface area (Å²) in [5.74, 6) is 0.0232. The van der Waals surface area contributed by atoms with Gasteiger partial charge in [-0.1, -0.05) is 12.1 Å². The minimum absolute atomic E-state index is 0.0376. The van der Waals surface area contributed by atoms with Crippen molar-refractivity contribution in [3.8, 4) is 5.75 Å². The molecule has 0 saturated carbocycles. The van der Waals surface area contributed by atoms with Crippen LogP contribution in [0.15, 0.2) is 41.2 Å². The summed E-state index contributed by atoms with van der Waals surface area (Å²) in [7, 11) is 1.55. The third kappa shape index (κ3) is 3.65. The van der Waals surface area contributed by atoms with Crippen LogP contribution in [0.2, 0.25) is 0 Å². The van der Waals surface area contributed by atoms with Crippen LogP contribution < -0.4 is 20.4 Å². The largest absolute Gasteiger partial charge is 0.733 e. The summed E-state index contributed by atoms with van der Waals surface area (Å²) in [6.45, 7) is 1.63. The highest BCUT2D eigenvalue weighted by Crippen LogP contribution is 2.38. The van der Waals surface area contributed by atoms with Crippen molar-refractivity contribution >= 4 is 23.2 Å². The molecule has 2 aromatic rings. The van der Waals surface area contributed by atoms with Gasteiger partial charge in [-0.15, -0.1) is 0 Å². The summed E-state index contributed by atoms with van der Waals surface area (Å²) in [6.07, 6.45) is 0.998. The number of hydrogen-bond acceptors (Lipinski definition) is 7. The molecular weight excluding hydrogens is 428 g/mol. The quantitative estimate of drug-likeness (QED) is 0.698. The van der Waals surface area contributed by atoms with E-state index in [1.165, 1.54) is 6.07 Å². The number of ether oxygens (including phenoxy) is 1. The Balaban J connectivity index is 1.34. The molecule has 10 nitrogen and oxygen atoms in total. The smallest absolute Gasteiger partial charge is 0.275 e. The van der Waals surface area contributed by atoms with Gasteiger partial charge in [-0.2, -0.15) is 0 Å². The predicted molar refractivity (Wildman–Crippen MR) is 119 cm³/mol. The molecule has 2 bridgehead atoms. The Morgan fingerprint density at radius 1 is 1.12 bits per heavy atom. The number of amides is 2. The predicted octanol–water partition coefficient (Wildman–Crippen LogP) is 1.55. The monoisotopic (exact) mass is 453 g/mol. The van der Waals surface area contributed by atoms with E-state index in [9.17, 15) is 24.8 Å². The number of anilines is 2. The number of fused-ring (bicyclic) bond motifs is 4. The molecule has 174 valence electrons. The van der Waals surface area contributed by atoms with Crippen LogP contribution in [0.4, 0.5) is 11.4 Å². The Kier molecular flexibility index (Phi) is 5.34. The average molecular weight is 453 g/mol. The number of carbonyl (C=O) groups excluding carboxylic acids is 2. The first-order chi connectivity index (χ1) is 15.9. The lowest BCUT2D eigenvalue weighted by Crippen LogP contribution is -2.51. The number of benzene rings is 1. The molecule has 2 saturated heterocycles. The first kappa shape index (κ1) is 21.5. The van der Waals surface area contributed by atoms with Gasteiger partial charge in [0.25, 0.3) is 5.56 Å². The molecule has 10 heteroatoms. The molecule has 3 aliphatic heterocycles. The lowest BCUT2D eigenvalue weighted by atomic mass is 9.82. The van der Waals surface area contributed by atoms with Crippen LogP contribution in [0.3, 0.4) is 0 Å². The first-order valence-electron chi connectivity index (χ1n) is 11.0. The number of carbonyl (C=O) groups is 2. The van der Waals surface area contributed by atoms with Gasteiger partial charge in [-0.3, -0.25) is 19.6 Å². The molecule has 3 atom stereocenters. The van der Waals surface area contributed by atoms with Crippen LogP contribution in [0, 0.1) is 17.0 Å². The number of hydrogen-bond donors (Lipinski definition) is 1. The maximum absolute atomic E-state index is 13.4. The van der Waals surface area contributed by atoms with E-state index < -0.39 is 16.7 Å². The molecule has 2 fully saturated rings. The Morgan fingerprint density at radius 3 is 2.67 bits per heavy atom. The van der Waals surface area contributed by atoms with Crippen molar-refractivity contribution < 1.29 is 19.5 Å². The van der Waals surface area contributed by atoms with E-state index in [-0.39, 0.29) is 35.8 Å². The molecule has 33 heavy (non-hydrogen) atoms. The van der Waals surface area contributed by atoms with E-state index in [1.807, 2.05) is 23.1 Å². The van der Waals surface area contributed by atoms with E-state index in [0.717, 1.165) is 12.1 Å². The normalized spacial score (nSPS) is 24.0. The third-order valence-corrected chi connectivity index (χ3v) is 6.95. The molecule has 4 heterocycles. The van der Waals surface area contributed by atoms with Crippen molar-refractivity contribution in [2.75, 3.05) is 36.9 Å². The second-order valence-electron chi connectivity index (χ2n) is 8.95. The minimum atomic E-state index is -0.520. The Morgan fingerprint density at radius 2 is 1.91 bits per heavy atom. The van der Waals surface area contributed by atoms with Crippen molar-refractivity contribution in [2.45, 2.75) is 25.3 Å². The molecule has 0 radical (unpaired) electrons. The Hall–Kier alpha value is -3.37. The molecule has 1 N–H and O–H groups in total. The fourth-order valence-electron chi connectivity index (χ4n) is 5.48. The summed E-state index contributed by atoms with van der Waals surface area (Å²) >= 11 is 0. The molecule has 1 aromatic heterocycles. The summed E-state index contributed by atoms with van der Waals surface area (Å²) < 4.78 is 6.92. The highest BCUT2D eigenvalue weighted by Gasteiger charge is 2.42. The molecule has 2 amide bonds. The topological polar surface area (TPSA) is 118 Å². The lowest BCUT2D eigenvalue weighted by molar-refractivity contribution is -0.138. The number of piperidine rings is 1. The second-order valence-corrected chi connectivity index (χ2v) is 8.95. The van der Waals surface area contributed by atoms with Crippen molar-refractivity contribution in [3.05, 3.63) is 57.7 Å². The van der Waals surface area contributed by atoms with Crippen molar-refractivity contribution in [3.63, 3.8) is 0 Å². The number of likely N-dealkylation sites (tertiary alicyclic amines) is 1. The first-order valence-corrected chi connectivity index (χ1v) is 11.0. The SMILES string of the molecule is COc1ccccc1N1CC(C(=O)N2CC3CC(C2)c2ccc(N([O-])O)c(=O)n2C3)CC1=O. The van der Waals surface area contributed by atoms with E-state index >= 15 is 0 Å². The molecule has 0 aliphatic carbocycles. The van der Waals surface area contributed by atoms with Gasteiger partial charge < -0.3 is 29.5 Å². The van der Waals surface area contributed by atoms with Gasteiger partial charge in [-0.25, -0.2) is 0 Å². The molecule has 3 unspecified atom stereocenters. The number of aromatic nitrogens is 1. The van der Waals surface area contributed by atoms with Crippen LogP contribution in [0.1, 0.15) is 24.5 Å². The van der Waals surface area contributed by atoms with Gasteiger partial charge in [-0.05, 0) is 36.6 Å². The summed E-state index contributed by atoms with van der Waals surface area (Å²) in [4.78, 5) is 42.2. The highest BCUT2D eigenvalue weighted by molar-refractivity contribution is 6.01. The molecule has 3 aliphatic rings. The summed E-state index contributed by atoms with van der Waals surface area (Å²) in [6, 6.07) is 10.3. The van der Waals surface area contributed by atoms with E-state index in [2.05, 4.69) is 0 Å². The fraction of sp³-hybridized carbons (Fsp3) is 0.435. The number of nitrogens with zero attached hydrogens (tertiary/aromatic N) is 4. The number of pyridine rings is 1. The Labute approximate surface area is 190 Å². The maximum Gasteiger partial charge on any atom is 0.275 e. The van der Waals surface area contributed by atoms with Crippen LogP contribution in [-0.4, -0.2) is 53.2 Å². The minimum Gasteiger partial charge on any atom is -0.733 e. The van der Waals surface area contributed by atoms with Gasteiger partial charge in [0.05, 0.1) is 18.7 Å². The van der Waals surface area contributed by atoms with Gasteiger partial charge in [0.1, 0.15) is 11.4 Å². The molecule has 0 spiro atoms. The lowest BCUT2D eigenvalue weighted by Gasteiger charge is -2.43. The maximum atomic E-state index is 13.4. The number of methoxy groups -OCH3 is 1. The van der Waals surface area contributed by atoms with E-state index in [0.29, 0.717) is 37.6 Å². The van der Waals surface area contributed by atoms with E-state index in [1.54, 1.807) is 28.7 Å². The van der Waals surface area contributed by atoms with Crippen molar-refractivity contribution in [1.29, 1.82) is 0 Å². The summed E-state index contributed by atoms with van der Waals surface area (Å²) in [5, 5.41) is 20.0. The van der Waals surface area contributed by atoms with E-state index in [4.69, 9.17) is 4.74 Å². The zero-order valence-corrected chi connectivity index (χ0v) is 18.2. The van der Waals surface area contributed by atoms with Gasteiger partial charge in [0.15, 0.2) is 0 Å². The standard InChI is InChI=1S/C23H25N4O6/c1-33-20-5-3-2-4-18(20)25-13-16(9-21(25)28)22(29)24-10-14-8-15(12-24)17-6-7-19(27(31)32)23(30)26(17)11-14/h2-7,14-16,31H,8-13H2,1H3/q-1. The second kappa shape index (κ2) is 8.20. The Bertz CT molecular complexity index is 1160. The summed E-state index contributed by atoms with van der Waals surface area (Å²) in [5.41, 5.74) is 0.592. The molecule has 5 rings (SSSR count). The van der Waals surface area contributed by atoms with Gasteiger partial charge in [0, 0.05) is 44.2 Å². The van der Waals surface area contributed by atoms with Crippen molar-refractivity contribution in [2.24, 2.45) is 11.8 Å². The zero-order valence-electron chi connectivity index (χ0n) is 18.2. The fourth-order valence-corrected chi connectivity index (χ4v) is 5.48. The molecular formula is C23H25N4O6-. The molecule has 1 aromatic carbocycles. The number of para-hydroxylation sites is 2. The third-order valence-electron chi connectivity index (χ3n) is 6.95. The highest BCUT2D eigenvalue weighted by atomic mass is 16.8. The van der Waals surface area contributed by atoms with Crippen LogP contribution >= 0.6 is 0 Å². The average Bonchev–Trinajstić information content (AvgIpc) is 3.20. The zero-order chi connectivity index (χ0) is 23.3. The van der Waals surface area contributed by atoms with Gasteiger partial charge >= 0.3 is 0 Å². The van der Waals surface area contributed by atoms with Crippen LogP contribution in [0.5, 0.6) is 5.75 Å². The van der Waals surface area contributed by atoms with Crippen LogP contribution in [0.25, 0.3) is 0 Å². The van der Waals surface area contributed by atoms with Crippen molar-refractivity contribution in [1.82, 2.24) is 9.47 Å². The van der Waals surface area contributed by atoms with Gasteiger partial charge in [0.2, 0.25) is 11.8 Å². The van der Waals surface area contributed by atoms with Crippen LogP contribution in [-0.2, 0) is 16.1 Å². The number of rotatable bonds is 4.